The second-order valence-corrected chi connectivity index (χ2v) is 10.5. The Morgan fingerprint density at radius 3 is 2.41 bits per heavy atom. The average Bonchev–Trinajstić information content (AvgIpc) is 3.70. The fourth-order valence-corrected chi connectivity index (χ4v) is 6.88. The number of hydrogen-bond acceptors (Lipinski definition) is 7. The molecule has 9 nitrogen and oxygen atoms in total. The van der Waals surface area contributed by atoms with Crippen molar-refractivity contribution in [3.8, 4) is 0 Å². The number of anilines is 2. The van der Waals surface area contributed by atoms with Crippen molar-refractivity contribution in [3.05, 3.63) is 130 Å². The summed E-state index contributed by atoms with van der Waals surface area (Å²) in [7, 11) is 0. The standard InChI is InChI=1S/C32H23N3O6/c1-18-17-26-32(22-8-3-4-9-23(22)33-31(32)38)27(30(37)25-11-6-16-41-25)28(34(26)24-10-5-2-7-21(18)24)29(36)19-12-14-20(15-13-19)35(39)40/h2-17,26-28H,1H3,(H,33,38)/t26-,27+,28+,32-/m1/s1. The number of nitro benzene ring substituents is 1. The van der Waals surface area contributed by atoms with Crippen LogP contribution in [0.2, 0.25) is 0 Å². The number of nitro groups is 1. The molecule has 1 saturated heterocycles. The lowest BCUT2D eigenvalue weighted by molar-refractivity contribution is -0.384. The van der Waals surface area contributed by atoms with Crippen LogP contribution in [0, 0.1) is 16.0 Å². The van der Waals surface area contributed by atoms with E-state index in [1.165, 1.54) is 36.6 Å². The van der Waals surface area contributed by atoms with Gasteiger partial charge in [0, 0.05) is 34.6 Å². The maximum Gasteiger partial charge on any atom is 0.269 e. The predicted molar refractivity (Wildman–Crippen MR) is 151 cm³/mol. The molecule has 1 spiro atoms. The SMILES string of the molecule is CC1=C[C@H]2N(c3ccccc31)[C@H](C(=O)c1ccc([N+](=O)[O-])cc1)[C@@H](C(=O)c1ccco1)[C@]21C(=O)Nc2ccccc21. The maximum absolute atomic E-state index is 14.6. The number of nitrogens with zero attached hydrogens (tertiary/aromatic N) is 2. The number of fused-ring (bicyclic) bond motifs is 6. The molecule has 7 rings (SSSR count). The molecule has 0 unspecified atom stereocenters. The van der Waals surface area contributed by atoms with E-state index in [0.717, 1.165) is 16.8 Å². The molecule has 4 atom stereocenters. The first-order valence-corrected chi connectivity index (χ1v) is 13.2. The Hall–Kier alpha value is -5.31. The Morgan fingerprint density at radius 2 is 1.68 bits per heavy atom. The summed E-state index contributed by atoms with van der Waals surface area (Å²) >= 11 is 0. The van der Waals surface area contributed by atoms with Gasteiger partial charge in [0.05, 0.1) is 23.1 Å². The summed E-state index contributed by atoms with van der Waals surface area (Å²) < 4.78 is 5.55. The van der Waals surface area contributed by atoms with Gasteiger partial charge in [0.15, 0.2) is 11.5 Å². The fourth-order valence-electron chi connectivity index (χ4n) is 6.88. The van der Waals surface area contributed by atoms with E-state index >= 15 is 0 Å². The monoisotopic (exact) mass is 545 g/mol. The molecular weight excluding hydrogens is 522 g/mol. The van der Waals surface area contributed by atoms with Crippen LogP contribution in [0.3, 0.4) is 0 Å². The summed E-state index contributed by atoms with van der Waals surface area (Å²) in [5.74, 6) is -2.41. The lowest BCUT2D eigenvalue weighted by Gasteiger charge is -2.39. The molecule has 41 heavy (non-hydrogen) atoms. The van der Waals surface area contributed by atoms with Crippen molar-refractivity contribution < 1.29 is 23.7 Å². The van der Waals surface area contributed by atoms with E-state index in [2.05, 4.69) is 5.32 Å². The highest BCUT2D eigenvalue weighted by atomic mass is 16.6. The minimum Gasteiger partial charge on any atom is -0.461 e. The number of allylic oxidation sites excluding steroid dienone is 1. The van der Waals surface area contributed by atoms with Crippen molar-refractivity contribution in [2.45, 2.75) is 24.4 Å². The summed E-state index contributed by atoms with van der Waals surface area (Å²) in [6.45, 7) is 1.96. The summed E-state index contributed by atoms with van der Waals surface area (Å²) in [5, 5.41) is 14.3. The van der Waals surface area contributed by atoms with Crippen molar-refractivity contribution in [2.24, 2.45) is 5.92 Å². The average molecular weight is 546 g/mol. The highest BCUT2D eigenvalue weighted by Gasteiger charge is 2.70. The molecule has 4 aromatic rings. The number of carbonyl (C=O) groups excluding carboxylic acids is 3. The normalized spacial score (nSPS) is 23.8. The van der Waals surface area contributed by atoms with Crippen LogP contribution in [-0.4, -0.2) is 34.5 Å². The van der Waals surface area contributed by atoms with Gasteiger partial charge in [0.25, 0.3) is 5.69 Å². The van der Waals surface area contributed by atoms with Crippen molar-refractivity contribution in [3.63, 3.8) is 0 Å². The molecule has 202 valence electrons. The van der Waals surface area contributed by atoms with Crippen molar-refractivity contribution in [1.82, 2.24) is 0 Å². The quantitative estimate of drug-likeness (QED) is 0.201. The molecule has 3 aliphatic heterocycles. The van der Waals surface area contributed by atoms with E-state index in [0.29, 0.717) is 11.3 Å². The molecule has 1 aromatic heterocycles. The Labute approximate surface area is 234 Å². The number of non-ortho nitro benzene ring substituents is 1. The zero-order valence-corrected chi connectivity index (χ0v) is 21.8. The van der Waals surface area contributed by atoms with E-state index in [4.69, 9.17) is 4.42 Å². The number of hydrogen-bond donors (Lipinski definition) is 1. The van der Waals surface area contributed by atoms with Gasteiger partial charge in [-0.2, -0.15) is 0 Å². The molecule has 3 aliphatic rings. The number of carbonyl (C=O) groups is 3. The van der Waals surface area contributed by atoms with Gasteiger partial charge in [-0.25, -0.2) is 0 Å². The van der Waals surface area contributed by atoms with Crippen LogP contribution in [0.15, 0.2) is 102 Å². The maximum atomic E-state index is 14.6. The molecule has 0 aliphatic carbocycles. The molecule has 4 heterocycles. The van der Waals surface area contributed by atoms with Crippen LogP contribution >= 0.6 is 0 Å². The Kier molecular flexibility index (Phi) is 5.34. The van der Waals surface area contributed by atoms with Gasteiger partial charge in [-0.3, -0.25) is 24.5 Å². The smallest absolute Gasteiger partial charge is 0.269 e. The van der Waals surface area contributed by atoms with E-state index < -0.39 is 39.9 Å². The highest BCUT2D eigenvalue weighted by Crippen LogP contribution is 2.58. The topological polar surface area (TPSA) is 123 Å². The van der Waals surface area contributed by atoms with Gasteiger partial charge in [-0.1, -0.05) is 42.5 Å². The number of benzene rings is 3. The summed E-state index contributed by atoms with van der Waals surface area (Å²) in [5.41, 5.74) is 2.33. The zero-order valence-electron chi connectivity index (χ0n) is 21.8. The van der Waals surface area contributed by atoms with Gasteiger partial charge in [-0.05, 0) is 54.5 Å². The van der Waals surface area contributed by atoms with Crippen LogP contribution in [0.4, 0.5) is 17.1 Å². The van der Waals surface area contributed by atoms with E-state index in [9.17, 15) is 24.5 Å². The molecule has 9 heteroatoms. The molecule has 0 saturated carbocycles. The van der Waals surface area contributed by atoms with Crippen LogP contribution < -0.4 is 10.2 Å². The van der Waals surface area contributed by atoms with Crippen molar-refractivity contribution in [2.75, 3.05) is 10.2 Å². The lowest BCUT2D eigenvalue weighted by Crippen LogP contribution is -2.51. The third kappa shape index (κ3) is 3.32. The number of furan rings is 1. The van der Waals surface area contributed by atoms with Gasteiger partial charge in [-0.15, -0.1) is 0 Å². The number of nitrogens with one attached hydrogen (secondary N) is 1. The van der Waals surface area contributed by atoms with Crippen LogP contribution in [0.5, 0.6) is 0 Å². The van der Waals surface area contributed by atoms with Gasteiger partial charge in [0.1, 0.15) is 11.5 Å². The molecule has 1 N–H and O–H groups in total. The Balaban J connectivity index is 1.53. The van der Waals surface area contributed by atoms with Gasteiger partial charge < -0.3 is 14.6 Å². The second-order valence-electron chi connectivity index (χ2n) is 10.5. The Bertz CT molecular complexity index is 1790. The van der Waals surface area contributed by atoms with E-state index in [1.807, 2.05) is 60.4 Å². The van der Waals surface area contributed by atoms with Gasteiger partial charge >= 0.3 is 0 Å². The molecule has 0 bridgehead atoms. The van der Waals surface area contributed by atoms with Gasteiger partial charge in [0.2, 0.25) is 11.7 Å². The highest BCUT2D eigenvalue weighted by molar-refractivity contribution is 6.18. The second kappa shape index (κ2) is 8.85. The molecule has 0 radical (unpaired) electrons. The van der Waals surface area contributed by atoms with E-state index in [1.54, 1.807) is 12.1 Å². The molecule has 1 amide bonds. The van der Waals surface area contributed by atoms with Crippen LogP contribution in [0.1, 0.15) is 39.0 Å². The number of rotatable bonds is 5. The predicted octanol–water partition coefficient (Wildman–Crippen LogP) is 5.43. The number of amides is 1. The summed E-state index contributed by atoms with van der Waals surface area (Å²) in [6.07, 6.45) is 3.35. The molecular formula is C32H23N3O6. The van der Waals surface area contributed by atoms with Crippen molar-refractivity contribution >= 4 is 40.1 Å². The first kappa shape index (κ1) is 24.7. The first-order valence-electron chi connectivity index (χ1n) is 13.2. The van der Waals surface area contributed by atoms with E-state index in [-0.39, 0.29) is 22.9 Å². The largest absolute Gasteiger partial charge is 0.461 e. The Morgan fingerprint density at radius 1 is 0.951 bits per heavy atom. The minimum atomic E-state index is -1.46. The van der Waals surface area contributed by atoms with Crippen LogP contribution in [-0.2, 0) is 10.2 Å². The minimum absolute atomic E-state index is 0.0434. The summed E-state index contributed by atoms with van der Waals surface area (Å²) in [6, 6.07) is 21.5. The third-order valence-electron chi connectivity index (χ3n) is 8.56. The fraction of sp³-hybridized carbons (Fsp3) is 0.156. The first-order chi connectivity index (χ1) is 19.8. The van der Waals surface area contributed by atoms with Crippen LogP contribution in [0.25, 0.3) is 5.57 Å². The lowest BCUT2D eigenvalue weighted by atomic mass is 9.64. The summed E-state index contributed by atoms with van der Waals surface area (Å²) in [4.78, 5) is 56.0. The number of ketones is 2. The molecule has 3 aromatic carbocycles. The zero-order chi connectivity index (χ0) is 28.5. The molecule has 1 fully saturated rings. The number of Topliss-reactive ketones (excluding diaryl/α,β-unsaturated/α-hetero) is 2. The van der Waals surface area contributed by atoms with Crippen molar-refractivity contribution in [1.29, 1.82) is 0 Å². The third-order valence-corrected chi connectivity index (χ3v) is 8.56. The number of para-hydroxylation sites is 2.